The number of rotatable bonds is 6. The Hall–Kier alpha value is -2.21. The highest BCUT2D eigenvalue weighted by molar-refractivity contribution is 5.92. The van der Waals surface area contributed by atoms with Crippen LogP contribution in [0.25, 0.3) is 0 Å². The molecule has 0 atom stereocenters. The van der Waals surface area contributed by atoms with Gasteiger partial charge in [0.1, 0.15) is 11.6 Å². The van der Waals surface area contributed by atoms with Crippen molar-refractivity contribution in [1.29, 1.82) is 0 Å². The topological polar surface area (TPSA) is 67.2 Å². The fourth-order valence-corrected chi connectivity index (χ4v) is 1.65. The maximum absolute atomic E-state index is 12.9. The second-order valence-corrected chi connectivity index (χ2v) is 4.24. The molecule has 0 aliphatic rings. The minimum absolute atomic E-state index is 0.0976. The van der Waals surface area contributed by atoms with E-state index in [1.165, 1.54) is 18.2 Å². The summed E-state index contributed by atoms with van der Waals surface area (Å²) in [5.74, 6) is 0.715. The molecule has 106 valence electrons. The molecule has 2 aromatic rings. The normalized spacial score (nSPS) is 10.5. The number of nitrogens with zero attached hydrogens (tertiary/aromatic N) is 1. The van der Waals surface area contributed by atoms with Crippen molar-refractivity contribution in [1.82, 2.24) is 10.3 Å². The Labute approximate surface area is 116 Å². The van der Waals surface area contributed by atoms with Crippen LogP contribution in [0.2, 0.25) is 0 Å². The van der Waals surface area contributed by atoms with E-state index < -0.39 is 0 Å². The second kappa shape index (κ2) is 6.81. The number of hydrogen-bond acceptors (Lipinski definition) is 4. The first kappa shape index (κ1) is 14.2. The predicted molar refractivity (Wildman–Crippen MR) is 72.6 cm³/mol. The highest BCUT2D eigenvalue weighted by atomic mass is 19.1. The van der Waals surface area contributed by atoms with Gasteiger partial charge < -0.3 is 9.73 Å². The summed E-state index contributed by atoms with van der Waals surface area (Å²) in [6, 6.07) is 5.75. The number of aryl methyl sites for hydroxylation is 1. The molecule has 1 aromatic heterocycles. The Balaban J connectivity index is 1.75. The van der Waals surface area contributed by atoms with Crippen LogP contribution < -0.4 is 10.6 Å². The standard InChI is InChI=1S/C14H16FN3O2/c1-2-12-7-17-14(20-12)9-16-8-13(19)18-11-5-3-4-10(15)6-11/h3-7,16H,2,8-9H2,1H3,(H,18,19). The van der Waals surface area contributed by atoms with Gasteiger partial charge in [-0.3, -0.25) is 10.1 Å². The van der Waals surface area contributed by atoms with E-state index in [1.54, 1.807) is 12.3 Å². The van der Waals surface area contributed by atoms with E-state index in [0.29, 0.717) is 18.1 Å². The quantitative estimate of drug-likeness (QED) is 0.848. The lowest BCUT2D eigenvalue weighted by atomic mass is 10.3. The Morgan fingerprint density at radius 2 is 2.30 bits per heavy atom. The van der Waals surface area contributed by atoms with E-state index in [9.17, 15) is 9.18 Å². The van der Waals surface area contributed by atoms with Crippen LogP contribution in [0, 0.1) is 5.82 Å². The highest BCUT2D eigenvalue weighted by Crippen LogP contribution is 2.08. The zero-order valence-corrected chi connectivity index (χ0v) is 11.1. The molecular formula is C14H16FN3O2. The van der Waals surface area contributed by atoms with Crippen molar-refractivity contribution in [3.63, 3.8) is 0 Å². The van der Waals surface area contributed by atoms with E-state index in [-0.39, 0.29) is 18.3 Å². The number of carbonyl (C=O) groups excluding carboxylic acids is 1. The van der Waals surface area contributed by atoms with Gasteiger partial charge in [-0.15, -0.1) is 0 Å². The van der Waals surface area contributed by atoms with Gasteiger partial charge in [0.2, 0.25) is 11.8 Å². The molecule has 0 bridgehead atoms. The number of anilines is 1. The van der Waals surface area contributed by atoms with Crippen molar-refractivity contribution in [2.75, 3.05) is 11.9 Å². The molecule has 1 amide bonds. The molecule has 1 aromatic carbocycles. The van der Waals surface area contributed by atoms with Crippen molar-refractivity contribution >= 4 is 11.6 Å². The van der Waals surface area contributed by atoms with Gasteiger partial charge in [0.15, 0.2) is 0 Å². The number of halogens is 1. The summed E-state index contributed by atoms with van der Waals surface area (Å²) >= 11 is 0. The van der Waals surface area contributed by atoms with Crippen molar-refractivity contribution in [3.05, 3.63) is 47.9 Å². The summed E-state index contributed by atoms with van der Waals surface area (Å²) < 4.78 is 18.3. The summed E-state index contributed by atoms with van der Waals surface area (Å²) in [5.41, 5.74) is 0.432. The summed E-state index contributed by atoms with van der Waals surface area (Å²) in [6.07, 6.45) is 2.46. The largest absolute Gasteiger partial charge is 0.444 e. The third-order valence-corrected chi connectivity index (χ3v) is 2.62. The van der Waals surface area contributed by atoms with Crippen LogP contribution in [0.4, 0.5) is 10.1 Å². The number of carbonyl (C=O) groups is 1. The first-order valence-corrected chi connectivity index (χ1v) is 6.37. The van der Waals surface area contributed by atoms with Crippen LogP contribution in [0.15, 0.2) is 34.9 Å². The van der Waals surface area contributed by atoms with Crippen LogP contribution in [-0.4, -0.2) is 17.4 Å². The minimum atomic E-state index is -0.386. The smallest absolute Gasteiger partial charge is 0.238 e. The molecule has 0 fully saturated rings. The molecule has 20 heavy (non-hydrogen) atoms. The van der Waals surface area contributed by atoms with Crippen LogP contribution in [0.3, 0.4) is 0 Å². The average molecular weight is 277 g/mol. The molecule has 6 heteroatoms. The van der Waals surface area contributed by atoms with Crippen LogP contribution >= 0.6 is 0 Å². The maximum Gasteiger partial charge on any atom is 0.238 e. The van der Waals surface area contributed by atoms with Gasteiger partial charge in [-0.05, 0) is 18.2 Å². The lowest BCUT2D eigenvalue weighted by Crippen LogP contribution is -2.27. The number of aromatic nitrogens is 1. The van der Waals surface area contributed by atoms with Gasteiger partial charge in [0.05, 0.1) is 19.3 Å². The first-order chi connectivity index (χ1) is 9.67. The zero-order valence-electron chi connectivity index (χ0n) is 11.1. The lowest BCUT2D eigenvalue weighted by Gasteiger charge is -2.05. The SMILES string of the molecule is CCc1cnc(CNCC(=O)Nc2cccc(F)c2)o1. The van der Waals surface area contributed by atoms with Gasteiger partial charge in [-0.2, -0.15) is 0 Å². The molecule has 0 saturated heterocycles. The summed E-state index contributed by atoms with van der Waals surface area (Å²) in [7, 11) is 0. The Morgan fingerprint density at radius 3 is 3.00 bits per heavy atom. The molecule has 0 aliphatic heterocycles. The van der Waals surface area contributed by atoms with Crippen molar-refractivity contribution < 1.29 is 13.6 Å². The average Bonchev–Trinajstić information content (AvgIpc) is 2.86. The van der Waals surface area contributed by atoms with Gasteiger partial charge >= 0.3 is 0 Å². The Kier molecular flexibility index (Phi) is 4.84. The van der Waals surface area contributed by atoms with E-state index in [0.717, 1.165) is 12.2 Å². The second-order valence-electron chi connectivity index (χ2n) is 4.24. The molecule has 0 saturated carbocycles. The molecule has 2 N–H and O–H groups in total. The maximum atomic E-state index is 12.9. The van der Waals surface area contributed by atoms with Gasteiger partial charge in [0.25, 0.3) is 0 Å². The zero-order chi connectivity index (χ0) is 14.4. The molecule has 5 nitrogen and oxygen atoms in total. The van der Waals surface area contributed by atoms with Gasteiger partial charge in [-0.1, -0.05) is 13.0 Å². The number of oxazole rings is 1. The molecule has 0 radical (unpaired) electrons. The first-order valence-electron chi connectivity index (χ1n) is 6.37. The molecule has 1 heterocycles. The third-order valence-electron chi connectivity index (χ3n) is 2.62. The lowest BCUT2D eigenvalue weighted by molar-refractivity contribution is -0.115. The monoisotopic (exact) mass is 277 g/mol. The molecular weight excluding hydrogens is 261 g/mol. The Morgan fingerprint density at radius 1 is 1.45 bits per heavy atom. The number of nitrogens with one attached hydrogen (secondary N) is 2. The molecule has 2 rings (SSSR count). The molecule has 0 unspecified atom stereocenters. The van der Waals surface area contributed by atoms with Crippen LogP contribution in [0.5, 0.6) is 0 Å². The Bertz CT molecular complexity index is 583. The van der Waals surface area contributed by atoms with Crippen LogP contribution in [-0.2, 0) is 17.8 Å². The summed E-state index contributed by atoms with van der Waals surface area (Å²) in [5, 5.41) is 5.50. The van der Waals surface area contributed by atoms with Crippen molar-refractivity contribution in [3.8, 4) is 0 Å². The number of benzene rings is 1. The van der Waals surface area contributed by atoms with E-state index >= 15 is 0 Å². The van der Waals surface area contributed by atoms with E-state index in [4.69, 9.17) is 4.42 Å². The number of amides is 1. The molecule has 0 spiro atoms. The van der Waals surface area contributed by atoms with Crippen molar-refractivity contribution in [2.45, 2.75) is 19.9 Å². The van der Waals surface area contributed by atoms with Crippen molar-refractivity contribution in [2.24, 2.45) is 0 Å². The summed E-state index contributed by atoms with van der Waals surface area (Å²) in [6.45, 7) is 2.45. The summed E-state index contributed by atoms with van der Waals surface area (Å²) in [4.78, 5) is 15.7. The fraction of sp³-hybridized carbons (Fsp3) is 0.286. The fourth-order valence-electron chi connectivity index (χ4n) is 1.65. The minimum Gasteiger partial charge on any atom is -0.444 e. The van der Waals surface area contributed by atoms with E-state index in [1.807, 2.05) is 6.92 Å². The highest BCUT2D eigenvalue weighted by Gasteiger charge is 2.05. The predicted octanol–water partition coefficient (Wildman–Crippen LogP) is 2.10. The third kappa shape index (κ3) is 4.17. The van der Waals surface area contributed by atoms with Crippen LogP contribution in [0.1, 0.15) is 18.6 Å². The van der Waals surface area contributed by atoms with E-state index in [2.05, 4.69) is 15.6 Å². The van der Waals surface area contributed by atoms with Gasteiger partial charge in [0, 0.05) is 12.1 Å². The molecule has 0 aliphatic carbocycles. The number of hydrogen-bond donors (Lipinski definition) is 2. The van der Waals surface area contributed by atoms with Gasteiger partial charge in [-0.25, -0.2) is 9.37 Å².